The lowest BCUT2D eigenvalue weighted by molar-refractivity contribution is 0.0691. The Labute approximate surface area is 117 Å². The number of rotatable bonds is 3. The summed E-state index contributed by atoms with van der Waals surface area (Å²) >= 11 is 0. The zero-order chi connectivity index (χ0) is 14.9. The van der Waals surface area contributed by atoms with E-state index in [4.69, 9.17) is 15.6 Å². The maximum atomic E-state index is 13.7. The quantitative estimate of drug-likeness (QED) is 0.834. The molecular weight excluding hydrogens is 261 g/mol. The predicted molar refractivity (Wildman–Crippen MR) is 74.4 cm³/mol. The van der Waals surface area contributed by atoms with Gasteiger partial charge in [-0.1, -0.05) is 13.8 Å². The monoisotopic (exact) mass is 281 g/mol. The number of aromatic carboxylic acids is 1. The van der Waals surface area contributed by atoms with Crippen LogP contribution in [0.2, 0.25) is 0 Å². The Balaban J connectivity index is 2.14. The second-order valence-electron chi connectivity index (χ2n) is 5.68. The van der Waals surface area contributed by atoms with Gasteiger partial charge in [0.2, 0.25) is 0 Å². The molecular formula is C15H20FNO3. The zero-order valence-corrected chi connectivity index (χ0v) is 11.7. The smallest absolute Gasteiger partial charge is 0.338 e. The van der Waals surface area contributed by atoms with Crippen molar-refractivity contribution in [1.82, 2.24) is 0 Å². The third kappa shape index (κ3) is 3.03. The highest BCUT2D eigenvalue weighted by Crippen LogP contribution is 2.34. The number of ether oxygens (including phenoxy) is 1. The van der Waals surface area contributed by atoms with Crippen LogP contribution in [-0.4, -0.2) is 17.2 Å². The van der Waals surface area contributed by atoms with Crippen LogP contribution in [0.5, 0.6) is 5.75 Å². The highest BCUT2D eigenvalue weighted by atomic mass is 19.1. The van der Waals surface area contributed by atoms with E-state index in [9.17, 15) is 9.18 Å². The normalized spacial score (nSPS) is 26.2. The molecule has 2 rings (SSSR count). The summed E-state index contributed by atoms with van der Waals surface area (Å²) < 4.78 is 19.4. The molecule has 0 saturated heterocycles. The van der Waals surface area contributed by atoms with Gasteiger partial charge in [-0.2, -0.15) is 0 Å². The molecule has 1 aromatic carbocycles. The van der Waals surface area contributed by atoms with Crippen molar-refractivity contribution < 1.29 is 19.0 Å². The van der Waals surface area contributed by atoms with Gasteiger partial charge in [0, 0.05) is 6.07 Å². The van der Waals surface area contributed by atoms with Crippen molar-refractivity contribution in [2.45, 2.75) is 39.2 Å². The molecule has 0 heterocycles. The van der Waals surface area contributed by atoms with Gasteiger partial charge in [0.25, 0.3) is 0 Å². The lowest BCUT2D eigenvalue weighted by Gasteiger charge is -2.32. The largest absolute Gasteiger partial charge is 0.488 e. The van der Waals surface area contributed by atoms with Crippen LogP contribution in [0.4, 0.5) is 10.1 Å². The summed E-state index contributed by atoms with van der Waals surface area (Å²) in [5, 5.41) is 8.83. The molecule has 0 aliphatic heterocycles. The van der Waals surface area contributed by atoms with Gasteiger partial charge in [0.05, 0.1) is 17.4 Å². The van der Waals surface area contributed by atoms with Gasteiger partial charge >= 0.3 is 5.97 Å². The molecule has 0 bridgehead atoms. The van der Waals surface area contributed by atoms with Gasteiger partial charge in [-0.15, -0.1) is 0 Å². The summed E-state index contributed by atoms with van der Waals surface area (Å²) in [6.07, 6.45) is 2.90. The second-order valence-corrected chi connectivity index (χ2v) is 5.68. The third-order valence-electron chi connectivity index (χ3n) is 4.17. The Kier molecular flexibility index (Phi) is 4.16. The van der Waals surface area contributed by atoms with Crippen LogP contribution in [0.3, 0.4) is 0 Å². The van der Waals surface area contributed by atoms with Gasteiger partial charge in [-0.25, -0.2) is 9.18 Å². The maximum Gasteiger partial charge on any atom is 0.338 e. The Morgan fingerprint density at radius 1 is 1.35 bits per heavy atom. The molecule has 1 fully saturated rings. The Hall–Kier alpha value is -1.78. The van der Waals surface area contributed by atoms with Gasteiger partial charge in [-0.05, 0) is 37.2 Å². The van der Waals surface area contributed by atoms with Crippen molar-refractivity contribution in [2.24, 2.45) is 11.8 Å². The molecule has 1 aliphatic rings. The van der Waals surface area contributed by atoms with Crippen molar-refractivity contribution in [3.8, 4) is 5.75 Å². The first kappa shape index (κ1) is 14.6. The molecule has 5 heteroatoms. The lowest BCUT2D eigenvalue weighted by atomic mass is 9.80. The molecule has 4 nitrogen and oxygen atoms in total. The summed E-state index contributed by atoms with van der Waals surface area (Å²) in [6.45, 7) is 4.40. The number of hydrogen-bond donors (Lipinski definition) is 2. The van der Waals surface area contributed by atoms with E-state index >= 15 is 0 Å². The van der Waals surface area contributed by atoms with Gasteiger partial charge in [0.15, 0.2) is 0 Å². The Bertz CT molecular complexity index is 518. The SMILES string of the molecule is CC1CCC(Oc2cc(F)c(C(=O)O)cc2N)CC1C. The zero-order valence-electron chi connectivity index (χ0n) is 11.7. The molecule has 3 atom stereocenters. The maximum absolute atomic E-state index is 13.7. The van der Waals surface area contributed by atoms with Gasteiger partial charge in [0.1, 0.15) is 11.6 Å². The minimum Gasteiger partial charge on any atom is -0.488 e. The molecule has 0 spiro atoms. The van der Waals surface area contributed by atoms with E-state index < -0.39 is 17.3 Å². The van der Waals surface area contributed by atoms with Crippen molar-refractivity contribution >= 4 is 11.7 Å². The number of benzene rings is 1. The van der Waals surface area contributed by atoms with Crippen LogP contribution in [0.1, 0.15) is 43.5 Å². The summed E-state index contributed by atoms with van der Waals surface area (Å²) in [7, 11) is 0. The summed E-state index contributed by atoms with van der Waals surface area (Å²) in [5.74, 6) is -0.699. The van der Waals surface area contributed by atoms with Crippen LogP contribution in [0, 0.1) is 17.7 Å². The fraction of sp³-hybridized carbons (Fsp3) is 0.533. The number of halogens is 1. The standard InChI is InChI=1S/C15H20FNO3/c1-8-3-4-10(5-9(8)2)20-14-7-12(16)11(15(18)19)6-13(14)17/h6-10H,3-5,17H2,1-2H3,(H,18,19). The Morgan fingerprint density at radius 2 is 2.05 bits per heavy atom. The molecule has 3 unspecified atom stereocenters. The summed E-state index contributed by atoms with van der Waals surface area (Å²) in [5.41, 5.74) is 5.48. The van der Waals surface area contributed by atoms with E-state index in [1.165, 1.54) is 0 Å². The molecule has 0 amide bonds. The minimum absolute atomic E-state index is 0.0126. The second kappa shape index (κ2) is 5.69. The van der Waals surface area contributed by atoms with E-state index in [-0.39, 0.29) is 17.5 Å². The molecule has 0 aromatic heterocycles. The topological polar surface area (TPSA) is 72.5 Å². The fourth-order valence-corrected chi connectivity index (χ4v) is 2.62. The van der Waals surface area contributed by atoms with Gasteiger partial charge in [-0.3, -0.25) is 0 Å². The van der Waals surface area contributed by atoms with Crippen LogP contribution >= 0.6 is 0 Å². The van der Waals surface area contributed by atoms with Crippen LogP contribution < -0.4 is 10.5 Å². The number of carboxylic acids is 1. The van der Waals surface area contributed by atoms with Crippen LogP contribution in [0.15, 0.2) is 12.1 Å². The first-order valence-corrected chi connectivity index (χ1v) is 6.87. The van der Waals surface area contributed by atoms with E-state index in [1.54, 1.807) is 0 Å². The van der Waals surface area contributed by atoms with E-state index in [0.717, 1.165) is 31.4 Å². The van der Waals surface area contributed by atoms with Crippen LogP contribution in [-0.2, 0) is 0 Å². The lowest BCUT2D eigenvalue weighted by Crippen LogP contribution is -2.29. The number of carboxylic acid groups (broad SMARTS) is 1. The summed E-state index contributed by atoms with van der Waals surface area (Å²) in [6, 6.07) is 2.18. The first-order valence-electron chi connectivity index (χ1n) is 6.87. The third-order valence-corrected chi connectivity index (χ3v) is 4.17. The van der Waals surface area contributed by atoms with Crippen molar-refractivity contribution in [3.05, 3.63) is 23.5 Å². The van der Waals surface area contributed by atoms with E-state index in [0.29, 0.717) is 11.8 Å². The fourth-order valence-electron chi connectivity index (χ4n) is 2.62. The molecule has 1 aromatic rings. The highest BCUT2D eigenvalue weighted by Gasteiger charge is 2.26. The molecule has 0 radical (unpaired) electrons. The van der Waals surface area contributed by atoms with Crippen LogP contribution in [0.25, 0.3) is 0 Å². The molecule has 20 heavy (non-hydrogen) atoms. The molecule has 1 aliphatic carbocycles. The first-order chi connectivity index (χ1) is 9.38. The highest BCUT2D eigenvalue weighted by molar-refractivity contribution is 5.89. The Morgan fingerprint density at radius 3 is 2.65 bits per heavy atom. The average molecular weight is 281 g/mol. The number of nitrogen functional groups attached to an aromatic ring is 1. The number of anilines is 1. The van der Waals surface area contributed by atoms with Gasteiger partial charge < -0.3 is 15.6 Å². The molecule has 1 saturated carbocycles. The minimum atomic E-state index is -1.33. The molecule has 110 valence electrons. The average Bonchev–Trinajstić information content (AvgIpc) is 2.37. The number of nitrogens with two attached hydrogens (primary N) is 1. The summed E-state index contributed by atoms with van der Waals surface area (Å²) in [4.78, 5) is 10.8. The molecule has 3 N–H and O–H groups in total. The van der Waals surface area contributed by atoms with E-state index in [2.05, 4.69) is 13.8 Å². The van der Waals surface area contributed by atoms with E-state index in [1.807, 2.05) is 0 Å². The van der Waals surface area contributed by atoms with Crippen molar-refractivity contribution in [2.75, 3.05) is 5.73 Å². The number of carbonyl (C=O) groups is 1. The number of hydrogen-bond acceptors (Lipinski definition) is 3. The van der Waals surface area contributed by atoms with Crippen molar-refractivity contribution in [3.63, 3.8) is 0 Å². The predicted octanol–water partition coefficient (Wildman–Crippen LogP) is 3.31. The van der Waals surface area contributed by atoms with Crippen molar-refractivity contribution in [1.29, 1.82) is 0 Å².